The van der Waals surface area contributed by atoms with Gasteiger partial charge in [0.25, 0.3) is 0 Å². The Bertz CT molecular complexity index is 591. The third-order valence-corrected chi connectivity index (χ3v) is 3.21. The quantitative estimate of drug-likeness (QED) is 0.880. The first kappa shape index (κ1) is 12.1. The van der Waals surface area contributed by atoms with Gasteiger partial charge in [-0.05, 0) is 46.3 Å². The Kier molecular flexibility index (Phi) is 3.77. The Morgan fingerprint density at radius 3 is 2.71 bits per heavy atom. The minimum atomic E-state index is 0.392. The van der Waals surface area contributed by atoms with Crippen LogP contribution in [0.25, 0.3) is 0 Å². The van der Waals surface area contributed by atoms with Gasteiger partial charge in [-0.2, -0.15) is 5.26 Å². The fraction of sp³-hybridized carbons (Fsp3) is 0. The molecule has 0 fully saturated rings. The molecule has 1 heterocycles. The lowest BCUT2D eigenvalue weighted by atomic mass is 10.3. The Labute approximate surface area is 116 Å². The fourth-order valence-corrected chi connectivity index (χ4v) is 2.44. The molecule has 1 N–H and O–H groups in total. The first-order valence-electron chi connectivity index (χ1n) is 4.78. The molecular weight excluding hydrogens is 346 g/mol. The van der Waals surface area contributed by atoms with Crippen molar-refractivity contribution in [1.82, 2.24) is 4.98 Å². The van der Waals surface area contributed by atoms with Gasteiger partial charge in [-0.25, -0.2) is 4.98 Å². The Hall–Kier alpha value is -1.38. The lowest BCUT2D eigenvalue weighted by Crippen LogP contribution is -1.95. The summed E-state index contributed by atoms with van der Waals surface area (Å²) in [6, 6.07) is 13.1. The molecule has 2 rings (SSSR count). The molecule has 0 amide bonds. The van der Waals surface area contributed by atoms with Crippen LogP contribution >= 0.6 is 31.9 Å². The maximum Gasteiger partial charge on any atom is 0.142 e. The first-order valence-corrected chi connectivity index (χ1v) is 6.37. The summed E-state index contributed by atoms with van der Waals surface area (Å²) < 4.78 is 1.92. The number of halogens is 2. The van der Waals surface area contributed by atoms with Crippen LogP contribution < -0.4 is 5.32 Å². The highest BCUT2D eigenvalue weighted by Crippen LogP contribution is 2.28. The Balaban J connectivity index is 2.28. The van der Waals surface area contributed by atoms with Crippen molar-refractivity contribution >= 4 is 43.4 Å². The van der Waals surface area contributed by atoms with E-state index in [0.717, 1.165) is 14.6 Å². The van der Waals surface area contributed by atoms with E-state index < -0.39 is 0 Å². The van der Waals surface area contributed by atoms with Gasteiger partial charge in [-0.1, -0.05) is 22.0 Å². The molecule has 0 saturated heterocycles. The number of hydrogen-bond donors (Lipinski definition) is 1. The molecule has 0 unspecified atom stereocenters. The molecule has 1 aromatic carbocycles. The number of nitrogens with one attached hydrogen (secondary N) is 1. The average molecular weight is 353 g/mol. The van der Waals surface area contributed by atoms with Gasteiger partial charge in [-0.3, -0.25) is 0 Å². The minimum Gasteiger partial charge on any atom is -0.339 e. The van der Waals surface area contributed by atoms with E-state index in [0.29, 0.717) is 11.5 Å². The SMILES string of the molecule is N#Cc1cccc(Nc2ccc(Br)cc2Br)n1. The molecule has 3 nitrogen and oxygen atoms in total. The van der Waals surface area contributed by atoms with Crippen molar-refractivity contribution in [2.24, 2.45) is 0 Å². The van der Waals surface area contributed by atoms with Crippen molar-refractivity contribution in [3.63, 3.8) is 0 Å². The minimum absolute atomic E-state index is 0.392. The standard InChI is InChI=1S/C12H7Br2N3/c13-8-4-5-11(10(14)6-8)17-12-3-1-2-9(7-15)16-12/h1-6H,(H,16,17). The van der Waals surface area contributed by atoms with Crippen molar-refractivity contribution in [1.29, 1.82) is 5.26 Å². The number of nitriles is 1. The van der Waals surface area contributed by atoms with Crippen LogP contribution in [-0.2, 0) is 0 Å². The predicted octanol–water partition coefficient (Wildman–Crippen LogP) is 4.22. The summed E-state index contributed by atoms with van der Waals surface area (Å²) in [5.74, 6) is 0.645. The zero-order chi connectivity index (χ0) is 12.3. The van der Waals surface area contributed by atoms with Crippen LogP contribution in [0.15, 0.2) is 45.3 Å². The maximum absolute atomic E-state index is 8.76. The number of pyridine rings is 1. The van der Waals surface area contributed by atoms with Gasteiger partial charge in [-0.15, -0.1) is 0 Å². The molecular formula is C12H7Br2N3. The number of anilines is 2. The summed E-state index contributed by atoms with van der Waals surface area (Å²) in [4.78, 5) is 4.15. The largest absolute Gasteiger partial charge is 0.339 e. The summed E-state index contributed by atoms with van der Waals surface area (Å²) in [7, 11) is 0. The summed E-state index contributed by atoms with van der Waals surface area (Å²) >= 11 is 6.84. The molecule has 0 saturated carbocycles. The summed E-state index contributed by atoms with van der Waals surface area (Å²) in [6.07, 6.45) is 0. The second kappa shape index (κ2) is 5.30. The number of aromatic nitrogens is 1. The third-order valence-electron chi connectivity index (χ3n) is 2.06. The fourth-order valence-electron chi connectivity index (χ4n) is 1.30. The summed E-state index contributed by atoms with van der Waals surface area (Å²) in [6.45, 7) is 0. The molecule has 0 spiro atoms. The molecule has 0 aliphatic heterocycles. The van der Waals surface area contributed by atoms with Gasteiger partial charge in [0, 0.05) is 8.95 Å². The highest BCUT2D eigenvalue weighted by molar-refractivity contribution is 9.11. The molecule has 17 heavy (non-hydrogen) atoms. The topological polar surface area (TPSA) is 48.7 Å². The number of hydrogen-bond acceptors (Lipinski definition) is 3. The molecule has 0 bridgehead atoms. The van der Waals surface area contributed by atoms with Crippen LogP contribution in [0.2, 0.25) is 0 Å². The van der Waals surface area contributed by atoms with Crippen LogP contribution in [0.1, 0.15) is 5.69 Å². The molecule has 2 aromatic rings. The van der Waals surface area contributed by atoms with E-state index in [2.05, 4.69) is 42.2 Å². The average Bonchev–Trinajstić information content (AvgIpc) is 2.33. The normalized spacial score (nSPS) is 9.71. The van der Waals surface area contributed by atoms with E-state index in [1.54, 1.807) is 12.1 Å². The van der Waals surface area contributed by atoms with E-state index in [1.165, 1.54) is 0 Å². The van der Waals surface area contributed by atoms with Crippen molar-refractivity contribution in [2.75, 3.05) is 5.32 Å². The van der Waals surface area contributed by atoms with Crippen LogP contribution in [0.4, 0.5) is 11.5 Å². The van der Waals surface area contributed by atoms with Crippen molar-refractivity contribution < 1.29 is 0 Å². The third kappa shape index (κ3) is 3.05. The highest BCUT2D eigenvalue weighted by Gasteiger charge is 2.02. The summed E-state index contributed by atoms with van der Waals surface area (Å²) in [5, 5.41) is 11.9. The van der Waals surface area contributed by atoms with Crippen LogP contribution in [-0.4, -0.2) is 4.98 Å². The second-order valence-corrected chi connectivity index (χ2v) is 5.04. The van der Waals surface area contributed by atoms with Crippen molar-refractivity contribution in [3.8, 4) is 6.07 Å². The lowest BCUT2D eigenvalue weighted by molar-refractivity contribution is 1.25. The molecule has 84 valence electrons. The molecule has 0 aliphatic rings. The molecule has 0 radical (unpaired) electrons. The van der Waals surface area contributed by atoms with E-state index in [9.17, 15) is 0 Å². The maximum atomic E-state index is 8.76. The molecule has 5 heteroatoms. The molecule has 0 aliphatic carbocycles. The van der Waals surface area contributed by atoms with Crippen molar-refractivity contribution in [3.05, 3.63) is 51.0 Å². The monoisotopic (exact) mass is 351 g/mol. The van der Waals surface area contributed by atoms with Gasteiger partial charge in [0.2, 0.25) is 0 Å². The number of rotatable bonds is 2. The van der Waals surface area contributed by atoms with Gasteiger partial charge < -0.3 is 5.32 Å². The Morgan fingerprint density at radius 1 is 1.18 bits per heavy atom. The highest BCUT2D eigenvalue weighted by atomic mass is 79.9. The van der Waals surface area contributed by atoms with Gasteiger partial charge >= 0.3 is 0 Å². The molecule has 0 atom stereocenters. The molecule has 1 aromatic heterocycles. The second-order valence-electron chi connectivity index (χ2n) is 3.27. The van der Waals surface area contributed by atoms with Crippen LogP contribution in [0.3, 0.4) is 0 Å². The van der Waals surface area contributed by atoms with E-state index in [-0.39, 0.29) is 0 Å². The van der Waals surface area contributed by atoms with E-state index >= 15 is 0 Å². The van der Waals surface area contributed by atoms with Gasteiger partial charge in [0.05, 0.1) is 5.69 Å². The lowest BCUT2D eigenvalue weighted by Gasteiger charge is -2.08. The number of benzene rings is 1. The van der Waals surface area contributed by atoms with Gasteiger partial charge in [0.1, 0.15) is 17.6 Å². The van der Waals surface area contributed by atoms with E-state index in [4.69, 9.17) is 5.26 Å². The van der Waals surface area contributed by atoms with Gasteiger partial charge in [0.15, 0.2) is 0 Å². The van der Waals surface area contributed by atoms with Crippen LogP contribution in [0.5, 0.6) is 0 Å². The van der Waals surface area contributed by atoms with Crippen molar-refractivity contribution in [2.45, 2.75) is 0 Å². The summed E-state index contributed by atoms with van der Waals surface area (Å²) in [5.41, 5.74) is 1.29. The van der Waals surface area contributed by atoms with E-state index in [1.807, 2.05) is 30.3 Å². The first-order chi connectivity index (χ1) is 8.19. The smallest absolute Gasteiger partial charge is 0.142 e. The Morgan fingerprint density at radius 2 is 2.00 bits per heavy atom. The predicted molar refractivity (Wildman–Crippen MR) is 74.1 cm³/mol. The van der Waals surface area contributed by atoms with Crippen LogP contribution in [0, 0.1) is 11.3 Å². The number of nitrogens with zero attached hydrogens (tertiary/aromatic N) is 2. The zero-order valence-electron chi connectivity index (χ0n) is 8.61. The zero-order valence-corrected chi connectivity index (χ0v) is 11.8.